The number of carboxylic acids is 3. The summed E-state index contributed by atoms with van der Waals surface area (Å²) < 4.78 is 20.0. The summed E-state index contributed by atoms with van der Waals surface area (Å²) in [5, 5.41) is 36.0. The van der Waals surface area contributed by atoms with Gasteiger partial charge in [0, 0.05) is 70.5 Å². The van der Waals surface area contributed by atoms with Crippen LogP contribution in [0.3, 0.4) is 0 Å². The van der Waals surface area contributed by atoms with Crippen LogP contribution in [0.4, 0.5) is 0 Å². The van der Waals surface area contributed by atoms with E-state index in [1.807, 2.05) is 0 Å². The summed E-state index contributed by atoms with van der Waals surface area (Å²) in [6.45, 7) is -0.472. The molecule has 2 atom stereocenters. The molecule has 0 aromatic heterocycles. The lowest BCUT2D eigenvalue weighted by Gasteiger charge is -2.33. The third-order valence-electron chi connectivity index (χ3n) is 7.59. The molecule has 9 N–H and O–H groups in total. The average molecular weight is 790 g/mol. The number of hydrogen-bond acceptors (Lipinski definition) is 16. The lowest BCUT2D eigenvalue weighted by atomic mass is 10.1. The Kier molecular flexibility index (Phi) is 24.1. The molecule has 1 unspecified atom stereocenters. The molecular formula is C27H51N8O15P2+. The maximum Gasteiger partial charge on any atom is 0.696 e. The highest BCUT2D eigenvalue weighted by atomic mass is 31.2. The summed E-state index contributed by atoms with van der Waals surface area (Å²) in [6, 6.07) is -0.926. The van der Waals surface area contributed by atoms with Gasteiger partial charge in [0.15, 0.2) is 6.73 Å². The van der Waals surface area contributed by atoms with Crippen molar-refractivity contribution in [2.45, 2.75) is 25.3 Å². The fourth-order valence-corrected chi connectivity index (χ4v) is 5.55. The van der Waals surface area contributed by atoms with Gasteiger partial charge in [0.25, 0.3) is 0 Å². The second-order valence-electron chi connectivity index (χ2n) is 11.7. The van der Waals surface area contributed by atoms with Crippen molar-refractivity contribution in [1.82, 2.24) is 40.4 Å². The molecule has 0 saturated carbocycles. The molecule has 0 spiro atoms. The molecule has 1 heterocycles. The number of unbranched alkanes of at least 4 members (excludes halogenated alkanes) is 1. The number of carboxylic acid groups (broad SMARTS) is 3. The molecule has 1 aliphatic heterocycles. The first kappa shape index (κ1) is 47.0. The van der Waals surface area contributed by atoms with Crippen LogP contribution in [0.2, 0.25) is 0 Å². The summed E-state index contributed by atoms with van der Waals surface area (Å²) in [6.07, 6.45) is 1.01. The van der Waals surface area contributed by atoms with Crippen molar-refractivity contribution in [3.63, 3.8) is 0 Å². The number of aliphatic carboxylic acids is 3. The Bertz CT molecular complexity index is 1140. The zero-order valence-corrected chi connectivity index (χ0v) is 30.8. The lowest BCUT2D eigenvalue weighted by molar-refractivity contribution is -0.140. The van der Waals surface area contributed by atoms with Crippen molar-refractivity contribution in [2.75, 3.05) is 112 Å². The Hall–Kier alpha value is -3.05. The van der Waals surface area contributed by atoms with E-state index in [1.165, 1.54) is 7.05 Å². The van der Waals surface area contributed by atoms with E-state index < -0.39 is 72.0 Å². The third-order valence-corrected chi connectivity index (χ3v) is 8.27. The van der Waals surface area contributed by atoms with Gasteiger partial charge in [-0.05, 0) is 19.3 Å². The SMILES string of the molecule is CNC(=O)[C@@H](CCCCNC(=O)CN(COP(O)O)CO[P+](=O)O)NC(=O)CN1CCN(CC(=O)O)CCN(CC(=O)O)CCN(CC(=O)O)CC1. The second-order valence-corrected chi connectivity index (χ2v) is 13.2. The van der Waals surface area contributed by atoms with E-state index in [-0.39, 0.29) is 98.0 Å². The van der Waals surface area contributed by atoms with Crippen LogP contribution in [0.25, 0.3) is 0 Å². The number of likely N-dealkylation sites (N-methyl/N-ethyl adjacent to an activating group) is 1. The van der Waals surface area contributed by atoms with Gasteiger partial charge in [-0.1, -0.05) is 0 Å². The first-order valence-corrected chi connectivity index (χ1v) is 18.5. The molecule has 25 heteroatoms. The monoisotopic (exact) mass is 789 g/mol. The number of carbonyl (C=O) groups is 6. The van der Waals surface area contributed by atoms with Gasteiger partial charge in [0.05, 0.1) is 32.7 Å². The van der Waals surface area contributed by atoms with Gasteiger partial charge in [-0.3, -0.25) is 52.9 Å². The molecule has 1 fully saturated rings. The van der Waals surface area contributed by atoms with Gasteiger partial charge < -0.3 is 41.1 Å². The van der Waals surface area contributed by atoms with Crippen LogP contribution in [0.1, 0.15) is 19.3 Å². The average Bonchev–Trinajstić information content (AvgIpc) is 3.05. The van der Waals surface area contributed by atoms with Crippen LogP contribution in [0.15, 0.2) is 0 Å². The normalized spacial score (nSPS) is 16.8. The Labute approximate surface area is 302 Å². The Morgan fingerprint density at radius 3 is 1.62 bits per heavy atom. The quantitative estimate of drug-likeness (QED) is 0.0271. The first-order valence-electron chi connectivity index (χ1n) is 16.2. The molecular weight excluding hydrogens is 738 g/mol. The molecule has 0 aromatic carbocycles. The summed E-state index contributed by atoms with van der Waals surface area (Å²) in [5.41, 5.74) is 0. The maximum atomic E-state index is 13.2. The Morgan fingerprint density at radius 1 is 0.750 bits per heavy atom. The van der Waals surface area contributed by atoms with E-state index in [4.69, 9.17) is 14.7 Å². The van der Waals surface area contributed by atoms with E-state index in [9.17, 15) is 48.7 Å². The molecule has 0 radical (unpaired) electrons. The van der Waals surface area contributed by atoms with Crippen LogP contribution in [0, 0.1) is 0 Å². The summed E-state index contributed by atoms with van der Waals surface area (Å²) in [4.78, 5) is 107. The second kappa shape index (κ2) is 26.7. The standard InChI is InChI=1S/C27H50N8O15P2/c1-28-27(44)21(4-2-3-5-29-22(36)14-35(19-49-51(45)46)20-50-52(47)48)30-23(37)15-31-6-8-32(16-24(38)39)10-12-34(18-26(42)43)13-11-33(9-7-31)17-25(40)41/h21,45-46H,2-20H2,1H3,(H6-,28,29,30,36,37,38,39,40,41,42,43,44,47,48)/p+1/t21-/m1/s1. The minimum atomic E-state index is -2.97. The highest BCUT2D eigenvalue weighted by Crippen LogP contribution is 2.24. The van der Waals surface area contributed by atoms with Gasteiger partial charge in [0.1, 0.15) is 12.8 Å². The smallest absolute Gasteiger partial charge is 0.480 e. The summed E-state index contributed by atoms with van der Waals surface area (Å²) in [7, 11) is -4.29. The molecule has 3 amide bonds. The number of nitrogens with zero attached hydrogens (tertiary/aromatic N) is 5. The van der Waals surface area contributed by atoms with Gasteiger partial charge in [-0.15, -0.1) is 9.42 Å². The first-order chi connectivity index (χ1) is 24.6. The van der Waals surface area contributed by atoms with Gasteiger partial charge in [0.2, 0.25) is 17.7 Å². The highest BCUT2D eigenvalue weighted by molar-refractivity contribution is 7.39. The van der Waals surface area contributed by atoms with Gasteiger partial charge in [-0.2, -0.15) is 0 Å². The van der Waals surface area contributed by atoms with Crippen molar-refractivity contribution >= 4 is 52.5 Å². The molecule has 0 bridgehead atoms. The van der Waals surface area contributed by atoms with E-state index in [2.05, 4.69) is 25.0 Å². The fourth-order valence-electron chi connectivity index (χ4n) is 5.02. The third kappa shape index (κ3) is 23.5. The highest BCUT2D eigenvalue weighted by Gasteiger charge is 2.24. The molecule has 0 aromatic rings. The largest absolute Gasteiger partial charge is 0.696 e. The molecule has 0 aliphatic carbocycles. The topological polar surface area (TPSA) is 312 Å². The fraction of sp³-hybridized carbons (Fsp3) is 0.778. The predicted molar refractivity (Wildman–Crippen MR) is 181 cm³/mol. The zero-order valence-electron chi connectivity index (χ0n) is 29.0. The van der Waals surface area contributed by atoms with Crippen molar-refractivity contribution in [1.29, 1.82) is 0 Å². The van der Waals surface area contributed by atoms with E-state index >= 15 is 0 Å². The van der Waals surface area contributed by atoms with Crippen molar-refractivity contribution in [3.8, 4) is 0 Å². The van der Waals surface area contributed by atoms with Gasteiger partial charge >= 0.3 is 34.8 Å². The van der Waals surface area contributed by atoms with E-state index in [0.29, 0.717) is 12.8 Å². The molecule has 52 heavy (non-hydrogen) atoms. The molecule has 1 saturated heterocycles. The van der Waals surface area contributed by atoms with E-state index in [1.54, 1.807) is 19.6 Å². The van der Waals surface area contributed by atoms with Crippen LogP contribution in [-0.4, -0.2) is 208 Å². The lowest BCUT2D eigenvalue weighted by Crippen LogP contribution is -2.52. The zero-order chi connectivity index (χ0) is 39.1. The van der Waals surface area contributed by atoms with Crippen molar-refractivity contribution < 1.29 is 72.4 Å². The minimum absolute atomic E-state index is 0.172. The number of nitrogens with one attached hydrogen (secondary N) is 3. The summed E-state index contributed by atoms with van der Waals surface area (Å²) in [5.74, 6) is -4.71. The molecule has 23 nitrogen and oxygen atoms in total. The number of hydrogen-bond donors (Lipinski definition) is 9. The van der Waals surface area contributed by atoms with Crippen LogP contribution < -0.4 is 16.0 Å². The van der Waals surface area contributed by atoms with Crippen LogP contribution in [-0.2, 0) is 42.4 Å². The van der Waals surface area contributed by atoms with E-state index in [0.717, 1.165) is 4.90 Å². The predicted octanol–water partition coefficient (Wildman–Crippen LogP) is -3.91. The number of amides is 3. The van der Waals surface area contributed by atoms with Crippen LogP contribution in [0.5, 0.6) is 0 Å². The van der Waals surface area contributed by atoms with Crippen molar-refractivity contribution in [2.24, 2.45) is 0 Å². The molecule has 1 aliphatic rings. The Morgan fingerprint density at radius 2 is 1.21 bits per heavy atom. The molecule has 298 valence electrons. The summed E-state index contributed by atoms with van der Waals surface area (Å²) >= 11 is 0. The van der Waals surface area contributed by atoms with Crippen LogP contribution >= 0.6 is 16.9 Å². The Balaban J connectivity index is 2.81. The van der Waals surface area contributed by atoms with Gasteiger partial charge in [-0.25, -0.2) is 4.90 Å². The molecule has 1 rings (SSSR count). The van der Waals surface area contributed by atoms with Crippen molar-refractivity contribution in [3.05, 3.63) is 0 Å². The minimum Gasteiger partial charge on any atom is -0.480 e. The number of carbonyl (C=O) groups excluding carboxylic acids is 3. The number of rotatable bonds is 23. The maximum absolute atomic E-state index is 13.2.